The fourth-order valence-electron chi connectivity index (χ4n) is 2.43. The second-order valence-corrected chi connectivity index (χ2v) is 6.23. The van der Waals surface area contributed by atoms with E-state index in [4.69, 9.17) is 5.11 Å². The summed E-state index contributed by atoms with van der Waals surface area (Å²) in [7, 11) is 0. The minimum Gasteiger partial charge on any atom is -0.394 e. The third-order valence-corrected chi connectivity index (χ3v) is 4.69. The first-order chi connectivity index (χ1) is 11.2. The van der Waals surface area contributed by atoms with Crippen LogP contribution in [0.3, 0.4) is 0 Å². The van der Waals surface area contributed by atoms with Crippen LogP contribution in [0.2, 0.25) is 0 Å². The summed E-state index contributed by atoms with van der Waals surface area (Å²) in [5.41, 5.74) is 4.23. The van der Waals surface area contributed by atoms with Crippen LogP contribution in [0.5, 0.6) is 0 Å². The third-order valence-electron chi connectivity index (χ3n) is 3.75. The molecule has 0 spiro atoms. The van der Waals surface area contributed by atoms with Crippen molar-refractivity contribution in [3.63, 3.8) is 0 Å². The van der Waals surface area contributed by atoms with Crippen molar-refractivity contribution in [3.05, 3.63) is 52.7 Å². The molecule has 0 saturated heterocycles. The van der Waals surface area contributed by atoms with Gasteiger partial charge in [0.2, 0.25) is 0 Å². The molecule has 2 N–H and O–H groups in total. The molecule has 0 aliphatic rings. The maximum absolute atomic E-state index is 9.16. The maximum Gasteiger partial charge on any atom is 0.127 e. The van der Waals surface area contributed by atoms with Crippen molar-refractivity contribution >= 4 is 17.2 Å². The van der Waals surface area contributed by atoms with Crippen molar-refractivity contribution in [3.8, 4) is 10.6 Å². The second-order valence-electron chi connectivity index (χ2n) is 5.37. The van der Waals surface area contributed by atoms with E-state index in [2.05, 4.69) is 32.9 Å². The van der Waals surface area contributed by atoms with Crippen LogP contribution in [0.15, 0.2) is 35.7 Å². The van der Waals surface area contributed by atoms with Crippen LogP contribution in [-0.2, 0) is 13.1 Å². The number of aromatic nitrogens is 3. The van der Waals surface area contributed by atoms with Gasteiger partial charge in [0.1, 0.15) is 10.8 Å². The Balaban J connectivity index is 1.73. The number of thiazole rings is 1. The van der Waals surface area contributed by atoms with Gasteiger partial charge in [-0.05, 0) is 13.8 Å². The molecule has 5 nitrogen and oxygen atoms in total. The highest BCUT2D eigenvalue weighted by Gasteiger charge is 2.12. The zero-order valence-electron chi connectivity index (χ0n) is 13.3. The Kier molecular flexibility index (Phi) is 4.73. The average molecular weight is 328 g/mol. The van der Waals surface area contributed by atoms with Crippen LogP contribution in [-0.4, -0.2) is 26.5 Å². The average Bonchev–Trinajstić information content (AvgIpc) is 3.13. The van der Waals surface area contributed by atoms with Gasteiger partial charge in [0.15, 0.2) is 0 Å². The van der Waals surface area contributed by atoms with E-state index in [0.717, 1.165) is 33.3 Å². The van der Waals surface area contributed by atoms with Gasteiger partial charge < -0.3 is 10.4 Å². The van der Waals surface area contributed by atoms with E-state index in [1.54, 1.807) is 11.3 Å². The van der Waals surface area contributed by atoms with Gasteiger partial charge in [-0.2, -0.15) is 5.10 Å². The van der Waals surface area contributed by atoms with Crippen molar-refractivity contribution in [1.29, 1.82) is 0 Å². The minimum atomic E-state index is 0.0735. The van der Waals surface area contributed by atoms with Gasteiger partial charge in [-0.1, -0.05) is 30.3 Å². The number of aliphatic hydroxyl groups is 1. The van der Waals surface area contributed by atoms with E-state index in [9.17, 15) is 0 Å². The van der Waals surface area contributed by atoms with Crippen LogP contribution in [0, 0.1) is 13.8 Å². The van der Waals surface area contributed by atoms with Crippen molar-refractivity contribution in [2.45, 2.75) is 26.9 Å². The molecular formula is C17H20N4OS. The SMILES string of the molecule is Cc1nn(CCO)c(NCc2csc(-c3ccccc3)n2)c1C. The second kappa shape index (κ2) is 6.93. The molecule has 0 amide bonds. The lowest BCUT2D eigenvalue weighted by Gasteiger charge is -2.09. The number of nitrogens with one attached hydrogen (secondary N) is 1. The molecule has 120 valence electrons. The zero-order chi connectivity index (χ0) is 16.2. The van der Waals surface area contributed by atoms with Crippen LogP contribution in [0.25, 0.3) is 10.6 Å². The molecule has 1 aromatic carbocycles. The van der Waals surface area contributed by atoms with Gasteiger partial charge in [-0.15, -0.1) is 11.3 Å². The van der Waals surface area contributed by atoms with Crippen LogP contribution in [0.1, 0.15) is 17.0 Å². The molecular weight excluding hydrogens is 308 g/mol. The van der Waals surface area contributed by atoms with Gasteiger partial charge in [-0.25, -0.2) is 9.67 Å². The molecule has 23 heavy (non-hydrogen) atoms. The first-order valence-corrected chi connectivity index (χ1v) is 8.45. The van der Waals surface area contributed by atoms with Crippen LogP contribution in [0.4, 0.5) is 5.82 Å². The van der Waals surface area contributed by atoms with E-state index in [-0.39, 0.29) is 6.61 Å². The highest BCUT2D eigenvalue weighted by Crippen LogP contribution is 2.24. The Morgan fingerprint density at radius 2 is 2.00 bits per heavy atom. The molecule has 0 saturated carbocycles. The number of hydrogen-bond acceptors (Lipinski definition) is 5. The van der Waals surface area contributed by atoms with Gasteiger partial charge in [-0.3, -0.25) is 0 Å². The van der Waals surface area contributed by atoms with Crippen molar-refractivity contribution in [2.75, 3.05) is 11.9 Å². The first-order valence-electron chi connectivity index (χ1n) is 7.57. The Labute approximate surface area is 139 Å². The van der Waals surface area contributed by atoms with E-state index >= 15 is 0 Å². The number of anilines is 1. The summed E-state index contributed by atoms with van der Waals surface area (Å²) in [6.45, 7) is 5.22. The van der Waals surface area contributed by atoms with E-state index in [0.29, 0.717) is 13.1 Å². The summed E-state index contributed by atoms with van der Waals surface area (Å²) in [6.07, 6.45) is 0. The van der Waals surface area contributed by atoms with Crippen LogP contribution < -0.4 is 5.32 Å². The predicted molar refractivity (Wildman–Crippen MR) is 93.7 cm³/mol. The van der Waals surface area contributed by atoms with E-state index in [1.165, 1.54) is 0 Å². The van der Waals surface area contributed by atoms with Crippen molar-refractivity contribution < 1.29 is 5.11 Å². The topological polar surface area (TPSA) is 63.0 Å². The molecule has 0 aliphatic heterocycles. The number of rotatable bonds is 6. The number of benzene rings is 1. The lowest BCUT2D eigenvalue weighted by Crippen LogP contribution is -2.11. The van der Waals surface area contributed by atoms with E-state index < -0.39 is 0 Å². The molecule has 0 bridgehead atoms. The Morgan fingerprint density at radius 1 is 1.22 bits per heavy atom. The fourth-order valence-corrected chi connectivity index (χ4v) is 3.25. The quantitative estimate of drug-likeness (QED) is 0.729. The number of aryl methyl sites for hydroxylation is 1. The maximum atomic E-state index is 9.16. The molecule has 0 radical (unpaired) electrons. The molecule has 2 heterocycles. The van der Waals surface area contributed by atoms with Gasteiger partial charge >= 0.3 is 0 Å². The zero-order valence-corrected chi connectivity index (χ0v) is 14.1. The first kappa shape index (κ1) is 15.7. The molecule has 2 aromatic heterocycles. The smallest absolute Gasteiger partial charge is 0.127 e. The summed E-state index contributed by atoms with van der Waals surface area (Å²) < 4.78 is 1.81. The van der Waals surface area contributed by atoms with Gasteiger partial charge in [0, 0.05) is 16.5 Å². The molecule has 6 heteroatoms. The summed E-state index contributed by atoms with van der Waals surface area (Å²) >= 11 is 1.65. The molecule has 0 aliphatic carbocycles. The molecule has 3 aromatic rings. The third kappa shape index (κ3) is 3.43. The van der Waals surface area contributed by atoms with Gasteiger partial charge in [0.25, 0.3) is 0 Å². The lowest BCUT2D eigenvalue weighted by molar-refractivity contribution is 0.270. The molecule has 0 atom stereocenters. The standard InChI is InChI=1S/C17H20N4OS/c1-12-13(2)20-21(8-9-22)16(12)18-10-15-11-23-17(19-15)14-6-4-3-5-7-14/h3-7,11,18,22H,8-10H2,1-2H3. The van der Waals surface area contributed by atoms with E-state index in [1.807, 2.05) is 36.7 Å². The summed E-state index contributed by atoms with van der Waals surface area (Å²) in [5, 5.41) is 20.1. The normalized spacial score (nSPS) is 10.9. The monoisotopic (exact) mass is 328 g/mol. The predicted octanol–water partition coefficient (Wildman–Crippen LogP) is 3.23. The number of hydrogen-bond donors (Lipinski definition) is 2. The number of nitrogens with zero attached hydrogens (tertiary/aromatic N) is 3. The molecule has 3 rings (SSSR count). The highest BCUT2D eigenvalue weighted by molar-refractivity contribution is 7.13. The van der Waals surface area contributed by atoms with Gasteiger partial charge in [0.05, 0.1) is 31.1 Å². The van der Waals surface area contributed by atoms with Crippen LogP contribution >= 0.6 is 11.3 Å². The molecule has 0 unspecified atom stereocenters. The largest absolute Gasteiger partial charge is 0.394 e. The summed E-state index contributed by atoms with van der Waals surface area (Å²) in [6, 6.07) is 10.2. The summed E-state index contributed by atoms with van der Waals surface area (Å²) in [5.74, 6) is 0.950. The van der Waals surface area contributed by atoms with Crippen molar-refractivity contribution in [1.82, 2.24) is 14.8 Å². The summed E-state index contributed by atoms with van der Waals surface area (Å²) in [4.78, 5) is 4.68. The van der Waals surface area contributed by atoms with Crippen molar-refractivity contribution in [2.24, 2.45) is 0 Å². The fraction of sp³-hybridized carbons (Fsp3) is 0.294. The Morgan fingerprint density at radius 3 is 2.74 bits per heavy atom. The Bertz CT molecular complexity index is 779. The minimum absolute atomic E-state index is 0.0735. The lowest BCUT2D eigenvalue weighted by atomic mass is 10.2. The Hall–Kier alpha value is -2.18. The molecule has 0 fully saturated rings. The number of aliphatic hydroxyl groups excluding tert-OH is 1. The highest BCUT2D eigenvalue weighted by atomic mass is 32.1.